The number of fused-ring (bicyclic) bond motifs is 2. The van der Waals surface area contributed by atoms with Gasteiger partial charge < -0.3 is 28.7 Å². The van der Waals surface area contributed by atoms with Crippen molar-refractivity contribution in [3.8, 4) is 11.5 Å². The van der Waals surface area contributed by atoms with Crippen LogP contribution in [0.15, 0.2) is 33.0 Å². The monoisotopic (exact) mass is 604 g/mol. The first kappa shape index (κ1) is 26.5. The molecule has 2 aliphatic heterocycles. The van der Waals surface area contributed by atoms with Gasteiger partial charge in [0.15, 0.2) is 33.9 Å². The van der Waals surface area contributed by atoms with Crippen molar-refractivity contribution in [1.29, 1.82) is 5.41 Å². The predicted molar refractivity (Wildman–Crippen MR) is 142 cm³/mol. The lowest BCUT2D eigenvalue weighted by molar-refractivity contribution is -0.158. The summed E-state index contributed by atoms with van der Waals surface area (Å²) in [7, 11) is 0. The highest BCUT2D eigenvalue weighted by atomic mass is 79.9. The molecule has 0 spiro atoms. The van der Waals surface area contributed by atoms with Crippen LogP contribution in [0, 0.1) is 11.3 Å². The third-order valence-electron chi connectivity index (χ3n) is 6.70. The molecule has 202 valence electrons. The van der Waals surface area contributed by atoms with Gasteiger partial charge in [0.05, 0.1) is 6.33 Å². The van der Waals surface area contributed by atoms with Gasteiger partial charge in [-0.05, 0) is 60.2 Å². The van der Waals surface area contributed by atoms with Crippen molar-refractivity contribution < 1.29 is 23.8 Å². The van der Waals surface area contributed by atoms with E-state index in [9.17, 15) is 9.59 Å². The number of hydrogen-bond acceptors (Lipinski definition) is 9. The number of aromatic nitrogens is 4. The minimum atomic E-state index is -0.753. The van der Waals surface area contributed by atoms with Crippen LogP contribution in [0.3, 0.4) is 0 Å². The van der Waals surface area contributed by atoms with Crippen LogP contribution in [-0.2, 0) is 20.9 Å². The number of H-pyrrole nitrogens is 1. The van der Waals surface area contributed by atoms with E-state index in [-0.39, 0.29) is 11.4 Å². The van der Waals surface area contributed by atoms with Gasteiger partial charge in [-0.2, -0.15) is 0 Å². The number of amides is 1. The van der Waals surface area contributed by atoms with Crippen molar-refractivity contribution >= 4 is 50.7 Å². The quantitative estimate of drug-likeness (QED) is 0.391. The number of imidazole rings is 1. The van der Waals surface area contributed by atoms with E-state index in [0.717, 1.165) is 28.6 Å². The van der Waals surface area contributed by atoms with Crippen molar-refractivity contribution in [3.63, 3.8) is 0 Å². The summed E-state index contributed by atoms with van der Waals surface area (Å²) >= 11 is 5.05. The number of nitrogens with one attached hydrogen (secondary N) is 2. The smallest absolute Gasteiger partial charge is 0.303 e. The Kier molecular flexibility index (Phi) is 7.93. The average molecular weight is 606 g/mol. The second-order valence-electron chi connectivity index (χ2n) is 9.36. The Balaban J connectivity index is 1.24. The zero-order valence-electron chi connectivity index (χ0n) is 21.2. The Labute approximate surface area is 231 Å². The first-order valence-corrected chi connectivity index (χ1v) is 14.1. The van der Waals surface area contributed by atoms with Gasteiger partial charge in [-0.15, -0.1) is 0 Å². The molecular weight excluding hydrogens is 576 g/mol. The maximum absolute atomic E-state index is 12.5. The van der Waals surface area contributed by atoms with E-state index >= 15 is 0 Å². The average Bonchev–Trinajstić information content (AvgIpc) is 3.33. The SMILES string of the molecule is CC(=O)OC(C)C(=O)N1CCC(CCn2cnc(=N)c3[nH]c(Sc4cc5c(cc4Br)OCCO5)nc32)CC1. The number of likely N-dealkylation sites (tertiary alicyclic amines) is 1. The standard InChI is InChI=1S/C25H29BrN6O5S/c1-14(37-15(2)33)24(34)31-6-3-16(4-7-31)5-8-32-13-28-22(27)21-23(32)30-25(29-21)38-20-12-19-18(11-17(20)26)35-9-10-36-19/h11-14,16,27H,3-10H2,1-2H3,(H,29,30). The molecule has 38 heavy (non-hydrogen) atoms. The third kappa shape index (κ3) is 5.83. The lowest BCUT2D eigenvalue weighted by Gasteiger charge is -2.33. The van der Waals surface area contributed by atoms with Gasteiger partial charge in [-0.25, -0.2) is 9.97 Å². The van der Waals surface area contributed by atoms with Crippen LogP contribution in [0.25, 0.3) is 11.2 Å². The number of nitrogens with zero attached hydrogens (tertiary/aromatic N) is 4. The van der Waals surface area contributed by atoms with Gasteiger partial charge in [-0.3, -0.25) is 15.0 Å². The van der Waals surface area contributed by atoms with E-state index in [1.165, 1.54) is 18.7 Å². The highest BCUT2D eigenvalue weighted by molar-refractivity contribution is 9.10. The molecule has 2 aromatic heterocycles. The van der Waals surface area contributed by atoms with Crippen LogP contribution in [0.1, 0.15) is 33.1 Å². The number of rotatable bonds is 7. The summed E-state index contributed by atoms with van der Waals surface area (Å²) in [5.41, 5.74) is 1.41. The van der Waals surface area contributed by atoms with Crippen LogP contribution in [0.2, 0.25) is 0 Å². The molecule has 0 aliphatic carbocycles. The van der Waals surface area contributed by atoms with Gasteiger partial charge in [-0.1, -0.05) is 11.8 Å². The van der Waals surface area contributed by atoms with Crippen molar-refractivity contribution in [3.05, 3.63) is 28.4 Å². The van der Waals surface area contributed by atoms with Crippen molar-refractivity contribution in [1.82, 2.24) is 24.4 Å². The molecule has 1 saturated heterocycles. The second kappa shape index (κ2) is 11.4. The molecule has 2 aliphatic rings. The zero-order valence-corrected chi connectivity index (χ0v) is 23.6. The Hall–Kier alpha value is -3.06. The highest BCUT2D eigenvalue weighted by Crippen LogP contribution is 2.41. The van der Waals surface area contributed by atoms with Crippen LogP contribution in [0.5, 0.6) is 11.5 Å². The molecular formula is C25H29BrN6O5S. The molecule has 3 aromatic rings. The predicted octanol–water partition coefficient (Wildman–Crippen LogP) is 3.50. The van der Waals surface area contributed by atoms with Crippen LogP contribution in [0.4, 0.5) is 0 Å². The number of esters is 1. The number of benzene rings is 1. The molecule has 1 fully saturated rings. The summed E-state index contributed by atoms with van der Waals surface area (Å²) in [6.45, 7) is 5.96. The summed E-state index contributed by atoms with van der Waals surface area (Å²) in [4.78, 5) is 38.7. The van der Waals surface area contributed by atoms with Gasteiger partial charge >= 0.3 is 5.97 Å². The Morgan fingerprint density at radius 2 is 1.97 bits per heavy atom. The lowest BCUT2D eigenvalue weighted by atomic mass is 9.93. The van der Waals surface area contributed by atoms with E-state index in [0.29, 0.717) is 66.6 Å². The van der Waals surface area contributed by atoms with Crippen molar-refractivity contribution in [2.24, 2.45) is 5.92 Å². The third-order valence-corrected chi connectivity index (χ3v) is 8.56. The molecule has 0 radical (unpaired) electrons. The highest BCUT2D eigenvalue weighted by Gasteiger charge is 2.27. The van der Waals surface area contributed by atoms with Crippen LogP contribution < -0.4 is 15.0 Å². The number of aryl methyl sites for hydroxylation is 1. The minimum Gasteiger partial charge on any atom is -0.486 e. The van der Waals surface area contributed by atoms with E-state index in [2.05, 4.69) is 25.9 Å². The molecule has 0 bridgehead atoms. The molecule has 1 atom stereocenters. The zero-order chi connectivity index (χ0) is 26.8. The Morgan fingerprint density at radius 1 is 1.26 bits per heavy atom. The van der Waals surface area contributed by atoms with Crippen LogP contribution in [-0.4, -0.2) is 68.7 Å². The molecule has 0 saturated carbocycles. The van der Waals surface area contributed by atoms with Crippen LogP contribution >= 0.6 is 27.7 Å². The lowest BCUT2D eigenvalue weighted by Crippen LogP contribution is -2.44. The number of halogens is 1. The van der Waals surface area contributed by atoms with Gasteiger partial charge in [0.25, 0.3) is 5.91 Å². The summed E-state index contributed by atoms with van der Waals surface area (Å²) in [5.74, 6) is 1.26. The largest absolute Gasteiger partial charge is 0.486 e. The molecule has 11 nitrogen and oxygen atoms in total. The Bertz CT molecular complexity index is 1420. The topological polar surface area (TPSA) is 135 Å². The second-order valence-corrected chi connectivity index (χ2v) is 11.2. The molecule has 1 unspecified atom stereocenters. The van der Waals surface area contributed by atoms with Crippen molar-refractivity contribution in [2.45, 2.75) is 55.8 Å². The molecule has 4 heterocycles. The molecule has 2 N–H and O–H groups in total. The number of hydrogen-bond donors (Lipinski definition) is 2. The maximum Gasteiger partial charge on any atom is 0.303 e. The number of carbonyl (C=O) groups excluding carboxylic acids is 2. The van der Waals surface area contributed by atoms with Gasteiger partial charge in [0, 0.05) is 35.9 Å². The molecule has 13 heteroatoms. The Morgan fingerprint density at radius 3 is 2.68 bits per heavy atom. The number of aromatic amines is 1. The van der Waals surface area contributed by atoms with E-state index in [4.69, 9.17) is 24.6 Å². The number of piperidine rings is 1. The van der Waals surface area contributed by atoms with Crippen molar-refractivity contribution in [2.75, 3.05) is 26.3 Å². The molecule has 1 amide bonds. The maximum atomic E-state index is 12.5. The minimum absolute atomic E-state index is 0.142. The number of carbonyl (C=O) groups is 2. The summed E-state index contributed by atoms with van der Waals surface area (Å²) < 4.78 is 19.2. The number of ether oxygens (including phenoxy) is 3. The fourth-order valence-corrected chi connectivity index (χ4v) is 6.10. The first-order chi connectivity index (χ1) is 18.3. The first-order valence-electron chi connectivity index (χ1n) is 12.5. The van der Waals surface area contributed by atoms with E-state index < -0.39 is 12.1 Å². The van der Waals surface area contributed by atoms with E-state index in [1.54, 1.807) is 18.2 Å². The fourth-order valence-electron chi connectivity index (χ4n) is 4.72. The molecule has 5 rings (SSSR count). The molecule has 1 aromatic carbocycles. The summed E-state index contributed by atoms with van der Waals surface area (Å²) in [6.07, 6.45) is 3.58. The summed E-state index contributed by atoms with van der Waals surface area (Å²) in [5, 5.41) is 8.92. The van der Waals surface area contributed by atoms with Gasteiger partial charge in [0.1, 0.15) is 18.7 Å². The van der Waals surface area contributed by atoms with E-state index in [1.807, 2.05) is 16.7 Å². The normalized spacial score (nSPS) is 16.4. The summed E-state index contributed by atoms with van der Waals surface area (Å²) in [6, 6.07) is 3.82. The fraction of sp³-hybridized carbons (Fsp3) is 0.480. The van der Waals surface area contributed by atoms with Gasteiger partial charge in [0.2, 0.25) is 0 Å².